The largest absolute Gasteiger partial charge is 0.481 e. The summed E-state index contributed by atoms with van der Waals surface area (Å²) in [5.74, 6) is 0.820. The first-order valence-electron chi connectivity index (χ1n) is 9.85. The molecule has 1 amide bonds. The number of hydrogen-bond acceptors (Lipinski definition) is 5. The Morgan fingerprint density at radius 1 is 1.00 bits per heavy atom. The van der Waals surface area contributed by atoms with Crippen molar-refractivity contribution in [3.8, 4) is 5.75 Å². The number of benzene rings is 2. The molecule has 0 fully saturated rings. The number of hydrogen-bond donors (Lipinski definition) is 2. The lowest BCUT2D eigenvalue weighted by Gasteiger charge is -2.15. The van der Waals surface area contributed by atoms with Gasteiger partial charge >= 0.3 is 0 Å². The van der Waals surface area contributed by atoms with Crippen LogP contribution in [0.5, 0.6) is 5.75 Å². The van der Waals surface area contributed by atoms with Gasteiger partial charge in [0.05, 0.1) is 11.5 Å². The predicted molar refractivity (Wildman–Crippen MR) is 116 cm³/mol. The summed E-state index contributed by atoms with van der Waals surface area (Å²) < 4.78 is 37.3. The molecule has 2 aromatic rings. The summed E-state index contributed by atoms with van der Waals surface area (Å²) >= 11 is 0. The van der Waals surface area contributed by atoms with Crippen LogP contribution in [0.4, 0.5) is 0 Å². The summed E-state index contributed by atoms with van der Waals surface area (Å²) in [5, 5.41) is 2.80. The highest BCUT2D eigenvalue weighted by Gasteiger charge is 2.16. The number of nitrogens with one attached hydrogen (secondary N) is 2. The van der Waals surface area contributed by atoms with E-state index in [-0.39, 0.29) is 23.9 Å². The number of carbonyl (C=O) groups is 1. The Labute approximate surface area is 178 Å². The highest BCUT2D eigenvalue weighted by molar-refractivity contribution is 7.89. The number of rotatable bonds is 11. The first-order chi connectivity index (χ1) is 14.2. The lowest BCUT2D eigenvalue weighted by molar-refractivity contribution is -0.127. The van der Waals surface area contributed by atoms with Crippen molar-refractivity contribution < 1.29 is 22.7 Å². The minimum Gasteiger partial charge on any atom is -0.481 e. The normalized spacial score (nSPS) is 12.6. The molecule has 2 aromatic carbocycles. The number of sulfonamides is 1. The van der Waals surface area contributed by atoms with Gasteiger partial charge in [-0.2, -0.15) is 0 Å². The summed E-state index contributed by atoms with van der Waals surface area (Å²) in [4.78, 5) is 12.5. The maximum absolute atomic E-state index is 12.3. The average molecular weight is 435 g/mol. The van der Waals surface area contributed by atoms with Gasteiger partial charge in [-0.1, -0.05) is 38.1 Å². The zero-order valence-electron chi connectivity index (χ0n) is 17.8. The van der Waals surface area contributed by atoms with E-state index in [4.69, 9.17) is 9.47 Å². The third-order valence-corrected chi connectivity index (χ3v) is 6.00. The molecule has 0 aliphatic carbocycles. The van der Waals surface area contributed by atoms with Gasteiger partial charge in [-0.05, 0) is 48.2 Å². The summed E-state index contributed by atoms with van der Waals surface area (Å²) in [6.45, 7) is 6.70. The standard InChI is InChI=1S/C22H30N2O5S/c1-16(2)19-7-9-20(10-8-19)29-17(3)22(25)23-15-18-5-11-21(12-6-18)30(26,27)24-13-14-28-4/h5-12,16-17,24H,13-15H2,1-4H3,(H,23,25). The van der Waals surface area contributed by atoms with E-state index in [1.165, 1.54) is 24.8 Å². The molecule has 0 aliphatic heterocycles. The molecule has 30 heavy (non-hydrogen) atoms. The van der Waals surface area contributed by atoms with Gasteiger partial charge in [0, 0.05) is 20.2 Å². The van der Waals surface area contributed by atoms with Crippen LogP contribution in [0, 0.1) is 0 Å². The second kappa shape index (κ2) is 11.1. The smallest absolute Gasteiger partial charge is 0.261 e. The Hall–Kier alpha value is -2.42. The molecule has 0 aliphatic rings. The fraction of sp³-hybridized carbons (Fsp3) is 0.409. The number of carbonyl (C=O) groups excluding carboxylic acids is 1. The Morgan fingerprint density at radius 2 is 1.63 bits per heavy atom. The average Bonchev–Trinajstić information content (AvgIpc) is 2.72. The van der Waals surface area contributed by atoms with E-state index in [0.29, 0.717) is 18.3 Å². The Kier molecular flexibility index (Phi) is 8.83. The molecule has 0 aromatic heterocycles. The number of methoxy groups -OCH3 is 1. The van der Waals surface area contributed by atoms with Crippen LogP contribution in [0.1, 0.15) is 37.8 Å². The number of ether oxygens (including phenoxy) is 2. The third-order valence-electron chi connectivity index (χ3n) is 4.53. The molecule has 1 unspecified atom stereocenters. The second-order valence-electron chi connectivity index (χ2n) is 7.24. The van der Waals surface area contributed by atoms with E-state index in [9.17, 15) is 13.2 Å². The van der Waals surface area contributed by atoms with Crippen LogP contribution in [0.15, 0.2) is 53.4 Å². The zero-order chi connectivity index (χ0) is 22.1. The van der Waals surface area contributed by atoms with Crippen molar-refractivity contribution in [2.45, 2.75) is 44.2 Å². The summed E-state index contributed by atoms with van der Waals surface area (Å²) in [5.41, 5.74) is 1.99. The van der Waals surface area contributed by atoms with Crippen LogP contribution in [-0.4, -0.2) is 40.7 Å². The van der Waals surface area contributed by atoms with Gasteiger partial charge in [0.2, 0.25) is 10.0 Å². The van der Waals surface area contributed by atoms with Crippen molar-refractivity contribution in [2.24, 2.45) is 0 Å². The summed E-state index contributed by atoms with van der Waals surface area (Å²) in [6, 6.07) is 14.1. The molecular formula is C22H30N2O5S. The van der Waals surface area contributed by atoms with Crippen molar-refractivity contribution in [1.82, 2.24) is 10.0 Å². The summed E-state index contributed by atoms with van der Waals surface area (Å²) in [7, 11) is -2.07. The van der Waals surface area contributed by atoms with E-state index < -0.39 is 16.1 Å². The molecular weight excluding hydrogens is 404 g/mol. The first-order valence-corrected chi connectivity index (χ1v) is 11.3. The van der Waals surface area contributed by atoms with Crippen LogP contribution in [0.3, 0.4) is 0 Å². The maximum atomic E-state index is 12.3. The molecule has 0 bridgehead atoms. The lowest BCUT2D eigenvalue weighted by Crippen LogP contribution is -2.35. The monoisotopic (exact) mass is 434 g/mol. The van der Waals surface area contributed by atoms with Gasteiger partial charge in [-0.15, -0.1) is 0 Å². The van der Waals surface area contributed by atoms with Crippen LogP contribution < -0.4 is 14.8 Å². The quantitative estimate of drug-likeness (QED) is 0.531. The Balaban J connectivity index is 1.86. The second-order valence-corrected chi connectivity index (χ2v) is 9.00. The van der Waals surface area contributed by atoms with Crippen LogP contribution in [-0.2, 0) is 26.1 Å². The van der Waals surface area contributed by atoms with Crippen molar-refractivity contribution in [1.29, 1.82) is 0 Å². The van der Waals surface area contributed by atoms with Gasteiger partial charge in [0.15, 0.2) is 6.10 Å². The molecule has 0 heterocycles. The van der Waals surface area contributed by atoms with Crippen LogP contribution in [0.25, 0.3) is 0 Å². The van der Waals surface area contributed by atoms with Gasteiger partial charge in [0.1, 0.15) is 5.75 Å². The zero-order valence-corrected chi connectivity index (χ0v) is 18.7. The van der Waals surface area contributed by atoms with Gasteiger partial charge in [-0.3, -0.25) is 4.79 Å². The van der Waals surface area contributed by atoms with Gasteiger partial charge < -0.3 is 14.8 Å². The van der Waals surface area contributed by atoms with Crippen LogP contribution >= 0.6 is 0 Å². The molecule has 1 atom stereocenters. The minimum absolute atomic E-state index is 0.162. The lowest BCUT2D eigenvalue weighted by atomic mass is 10.0. The summed E-state index contributed by atoms with van der Waals surface area (Å²) in [6.07, 6.45) is -0.653. The Morgan fingerprint density at radius 3 is 2.20 bits per heavy atom. The molecule has 0 saturated heterocycles. The van der Waals surface area contributed by atoms with Gasteiger partial charge in [-0.25, -0.2) is 13.1 Å². The highest BCUT2D eigenvalue weighted by Crippen LogP contribution is 2.19. The fourth-order valence-corrected chi connectivity index (χ4v) is 3.68. The van der Waals surface area contributed by atoms with E-state index in [2.05, 4.69) is 23.9 Å². The maximum Gasteiger partial charge on any atom is 0.261 e. The van der Waals surface area contributed by atoms with Crippen molar-refractivity contribution in [3.63, 3.8) is 0 Å². The molecule has 2 N–H and O–H groups in total. The first kappa shape index (κ1) is 23.9. The van der Waals surface area contributed by atoms with Crippen LogP contribution in [0.2, 0.25) is 0 Å². The molecule has 0 saturated carbocycles. The van der Waals surface area contributed by atoms with E-state index in [1.807, 2.05) is 24.3 Å². The molecule has 7 nitrogen and oxygen atoms in total. The minimum atomic E-state index is -3.57. The van der Waals surface area contributed by atoms with E-state index in [0.717, 1.165) is 5.56 Å². The van der Waals surface area contributed by atoms with Gasteiger partial charge in [0.25, 0.3) is 5.91 Å². The topological polar surface area (TPSA) is 93.7 Å². The SMILES string of the molecule is COCCNS(=O)(=O)c1ccc(CNC(=O)C(C)Oc2ccc(C(C)C)cc2)cc1. The van der Waals surface area contributed by atoms with E-state index >= 15 is 0 Å². The van der Waals surface area contributed by atoms with Crippen molar-refractivity contribution >= 4 is 15.9 Å². The fourth-order valence-electron chi connectivity index (χ4n) is 2.67. The molecule has 164 valence electrons. The number of amides is 1. The van der Waals surface area contributed by atoms with Crippen molar-refractivity contribution in [3.05, 3.63) is 59.7 Å². The molecule has 8 heteroatoms. The predicted octanol–water partition coefficient (Wildman–Crippen LogP) is 2.82. The highest BCUT2D eigenvalue weighted by atomic mass is 32.2. The third kappa shape index (κ3) is 7.12. The Bertz CT molecular complexity index is 910. The van der Waals surface area contributed by atoms with Crippen molar-refractivity contribution in [2.75, 3.05) is 20.3 Å². The molecule has 2 rings (SSSR count). The molecule has 0 spiro atoms. The molecule has 0 radical (unpaired) electrons. The van der Waals surface area contributed by atoms with E-state index in [1.54, 1.807) is 19.1 Å².